The summed E-state index contributed by atoms with van der Waals surface area (Å²) in [5, 5.41) is 32.5. The van der Waals surface area contributed by atoms with Crippen LogP contribution in [0.25, 0.3) is 0 Å². The van der Waals surface area contributed by atoms with Gasteiger partial charge in [-0.3, -0.25) is 33.6 Å². The maximum Gasteiger partial charge on any atom is 0.322 e. The largest absolute Gasteiger partial charge is 0.481 e. The van der Waals surface area contributed by atoms with Crippen molar-refractivity contribution in [3.8, 4) is 0 Å². The molecule has 0 aromatic carbocycles. The highest BCUT2D eigenvalue weighted by Gasteiger charge is 2.29. The Labute approximate surface area is 175 Å². The van der Waals surface area contributed by atoms with Gasteiger partial charge in [-0.25, -0.2) is 0 Å². The molecule has 0 saturated heterocycles. The summed E-state index contributed by atoms with van der Waals surface area (Å²) >= 11 is 0. The van der Waals surface area contributed by atoms with Gasteiger partial charge in [-0.05, 0) is 12.8 Å². The summed E-state index contributed by atoms with van der Waals surface area (Å²) in [6, 6.07) is -4.45. The van der Waals surface area contributed by atoms with Crippen LogP contribution in [0.3, 0.4) is 0 Å². The van der Waals surface area contributed by atoms with Crippen molar-refractivity contribution in [2.75, 3.05) is 6.54 Å². The highest BCUT2D eigenvalue weighted by Crippen LogP contribution is 2.04. The summed E-state index contributed by atoms with van der Waals surface area (Å²) in [5.74, 6) is -7.88. The molecule has 0 rings (SSSR count). The fourth-order valence-corrected chi connectivity index (χ4v) is 2.21. The van der Waals surface area contributed by atoms with E-state index in [9.17, 15) is 33.6 Å². The number of rotatable bonds is 15. The van der Waals surface area contributed by atoms with E-state index in [1.807, 2.05) is 5.32 Å². The third-order valence-electron chi connectivity index (χ3n) is 3.74. The summed E-state index contributed by atoms with van der Waals surface area (Å²) in [4.78, 5) is 79.8. The van der Waals surface area contributed by atoms with E-state index in [0.29, 0.717) is 0 Å². The molecule has 0 aliphatic heterocycles. The van der Waals surface area contributed by atoms with Gasteiger partial charge in [-0.1, -0.05) is 0 Å². The Balaban J connectivity index is 5.37. The normalized spacial score (nSPS) is 13.2. The number of aliphatic carboxylic acids is 3. The molecule has 0 aromatic heterocycles. The molecule has 0 aliphatic rings. The molecular formula is C16H25N5O10. The van der Waals surface area contributed by atoms with Crippen molar-refractivity contribution in [2.24, 2.45) is 11.5 Å². The Hall–Kier alpha value is -3.75. The van der Waals surface area contributed by atoms with Gasteiger partial charge < -0.3 is 42.7 Å². The minimum atomic E-state index is -1.53. The van der Waals surface area contributed by atoms with Gasteiger partial charge >= 0.3 is 17.9 Å². The molecule has 15 heteroatoms. The van der Waals surface area contributed by atoms with Crippen LogP contribution in [0.5, 0.6) is 0 Å². The fourth-order valence-electron chi connectivity index (χ4n) is 2.21. The van der Waals surface area contributed by atoms with Crippen molar-refractivity contribution in [3.05, 3.63) is 0 Å². The third kappa shape index (κ3) is 12.4. The molecule has 3 atom stereocenters. The van der Waals surface area contributed by atoms with E-state index in [2.05, 4.69) is 10.6 Å². The first-order valence-electron chi connectivity index (χ1n) is 8.91. The standard InChI is InChI=1S/C16H25N5O10/c17-7(5-12(25)26)14(29)20-9(2-4-11(23)24)16(31)21-8(1-3-10(18)22)15(30)19-6-13(27)28/h7-9H,1-6,17H2,(H2,18,22)(H,19,30)(H,20,29)(H,21,31)(H,23,24)(H,25,26)(H,27,28). The van der Waals surface area contributed by atoms with Gasteiger partial charge in [0.05, 0.1) is 12.5 Å². The zero-order valence-corrected chi connectivity index (χ0v) is 16.3. The number of carboxylic acid groups (broad SMARTS) is 3. The van der Waals surface area contributed by atoms with Gasteiger partial charge in [-0.2, -0.15) is 0 Å². The van der Waals surface area contributed by atoms with E-state index in [0.717, 1.165) is 0 Å². The van der Waals surface area contributed by atoms with E-state index < -0.39 is 85.5 Å². The van der Waals surface area contributed by atoms with Gasteiger partial charge in [0.2, 0.25) is 23.6 Å². The van der Waals surface area contributed by atoms with Crippen LogP contribution in [-0.2, 0) is 33.6 Å². The van der Waals surface area contributed by atoms with Crippen molar-refractivity contribution in [3.63, 3.8) is 0 Å². The van der Waals surface area contributed by atoms with Crippen LogP contribution < -0.4 is 27.4 Å². The van der Waals surface area contributed by atoms with Crippen LogP contribution in [0, 0.1) is 0 Å². The molecule has 0 bridgehead atoms. The zero-order chi connectivity index (χ0) is 24.1. The van der Waals surface area contributed by atoms with Crippen LogP contribution >= 0.6 is 0 Å². The SMILES string of the molecule is NC(=O)CCC(NC(=O)C(CCC(=O)O)NC(=O)C(N)CC(=O)O)C(=O)NCC(=O)O. The lowest BCUT2D eigenvalue weighted by Gasteiger charge is -2.23. The summed E-state index contributed by atoms with van der Waals surface area (Å²) < 4.78 is 0. The quantitative estimate of drug-likeness (QED) is 0.120. The zero-order valence-electron chi connectivity index (χ0n) is 16.3. The lowest BCUT2D eigenvalue weighted by Crippen LogP contribution is -2.56. The third-order valence-corrected chi connectivity index (χ3v) is 3.74. The number of primary amides is 1. The monoisotopic (exact) mass is 447 g/mol. The second kappa shape index (κ2) is 13.5. The van der Waals surface area contributed by atoms with E-state index >= 15 is 0 Å². The van der Waals surface area contributed by atoms with Crippen molar-refractivity contribution in [1.82, 2.24) is 16.0 Å². The highest BCUT2D eigenvalue weighted by molar-refractivity contribution is 5.94. The average molecular weight is 447 g/mol. The Morgan fingerprint density at radius 1 is 0.710 bits per heavy atom. The molecule has 4 amide bonds. The Morgan fingerprint density at radius 2 is 1.23 bits per heavy atom. The number of nitrogens with two attached hydrogens (primary N) is 2. The van der Waals surface area contributed by atoms with Crippen LogP contribution in [0.1, 0.15) is 32.1 Å². The first-order chi connectivity index (χ1) is 14.3. The minimum absolute atomic E-state index is 0.301. The molecule has 31 heavy (non-hydrogen) atoms. The Morgan fingerprint density at radius 3 is 1.71 bits per heavy atom. The molecule has 15 nitrogen and oxygen atoms in total. The van der Waals surface area contributed by atoms with E-state index in [1.54, 1.807) is 0 Å². The number of amides is 4. The average Bonchev–Trinajstić information content (AvgIpc) is 2.64. The number of hydrogen-bond acceptors (Lipinski definition) is 8. The fraction of sp³-hybridized carbons (Fsp3) is 0.562. The molecule has 10 N–H and O–H groups in total. The summed E-state index contributed by atoms with van der Waals surface area (Å²) in [5.41, 5.74) is 10.4. The van der Waals surface area contributed by atoms with Gasteiger partial charge in [0, 0.05) is 12.8 Å². The molecule has 0 aromatic rings. The lowest BCUT2D eigenvalue weighted by molar-refractivity contribution is -0.140. The summed E-state index contributed by atoms with van der Waals surface area (Å²) in [6.07, 6.45) is -2.39. The van der Waals surface area contributed by atoms with Gasteiger partial charge in [0.1, 0.15) is 18.6 Å². The Kier molecular flexibility index (Phi) is 11.8. The minimum Gasteiger partial charge on any atom is -0.481 e. The van der Waals surface area contributed by atoms with Crippen molar-refractivity contribution < 1.29 is 48.9 Å². The number of carboxylic acids is 3. The maximum absolute atomic E-state index is 12.5. The predicted octanol–water partition coefficient (Wildman–Crippen LogP) is -3.91. The number of carbonyl (C=O) groups excluding carboxylic acids is 4. The highest BCUT2D eigenvalue weighted by atomic mass is 16.4. The van der Waals surface area contributed by atoms with Crippen LogP contribution in [0.2, 0.25) is 0 Å². The van der Waals surface area contributed by atoms with Crippen LogP contribution in [-0.4, -0.2) is 81.5 Å². The van der Waals surface area contributed by atoms with Gasteiger partial charge in [0.15, 0.2) is 0 Å². The molecule has 0 radical (unpaired) electrons. The molecule has 0 heterocycles. The topological polar surface area (TPSA) is 268 Å². The molecule has 0 spiro atoms. The summed E-state index contributed by atoms with van der Waals surface area (Å²) in [7, 11) is 0. The van der Waals surface area contributed by atoms with Crippen LogP contribution in [0.15, 0.2) is 0 Å². The van der Waals surface area contributed by atoms with E-state index in [-0.39, 0.29) is 12.8 Å². The summed E-state index contributed by atoms with van der Waals surface area (Å²) in [6.45, 7) is -0.773. The van der Waals surface area contributed by atoms with Crippen LogP contribution in [0.4, 0.5) is 0 Å². The lowest BCUT2D eigenvalue weighted by atomic mass is 10.1. The van der Waals surface area contributed by atoms with Crippen molar-refractivity contribution in [2.45, 2.75) is 50.2 Å². The Bertz CT molecular complexity index is 726. The predicted molar refractivity (Wildman–Crippen MR) is 100 cm³/mol. The molecule has 0 saturated carbocycles. The van der Waals surface area contributed by atoms with E-state index in [1.165, 1.54) is 0 Å². The second-order valence-electron chi connectivity index (χ2n) is 6.38. The molecule has 174 valence electrons. The number of hydrogen-bond donors (Lipinski definition) is 8. The molecular weight excluding hydrogens is 422 g/mol. The molecule has 3 unspecified atom stereocenters. The maximum atomic E-state index is 12.5. The van der Waals surface area contributed by atoms with Gasteiger partial charge in [0.25, 0.3) is 0 Å². The van der Waals surface area contributed by atoms with Crippen molar-refractivity contribution in [1.29, 1.82) is 0 Å². The first kappa shape index (κ1) is 27.2. The smallest absolute Gasteiger partial charge is 0.322 e. The number of nitrogens with one attached hydrogen (secondary N) is 3. The number of carbonyl (C=O) groups is 7. The molecule has 0 aliphatic carbocycles. The van der Waals surface area contributed by atoms with Crippen molar-refractivity contribution >= 4 is 41.5 Å². The second-order valence-corrected chi connectivity index (χ2v) is 6.38. The first-order valence-corrected chi connectivity index (χ1v) is 8.91. The van der Waals surface area contributed by atoms with Gasteiger partial charge in [-0.15, -0.1) is 0 Å². The molecule has 0 fully saturated rings. The van der Waals surface area contributed by atoms with E-state index in [4.69, 9.17) is 26.8 Å².